The Kier molecular flexibility index (Phi) is 13.1. The molecule has 5 nitrogen and oxygen atoms in total. The summed E-state index contributed by atoms with van der Waals surface area (Å²) in [6.45, 7) is 0. The number of hydrogen-bond donors (Lipinski definition) is 0. The maximum absolute atomic E-state index is 6.84. The summed E-state index contributed by atoms with van der Waals surface area (Å²) in [5.41, 5.74) is 27.4. The van der Waals surface area contributed by atoms with Gasteiger partial charge in [-0.1, -0.05) is 255 Å². The van der Waals surface area contributed by atoms with Crippen molar-refractivity contribution in [2.75, 3.05) is 0 Å². The molecular weight excluding hydrogens is 1110 g/mol. The molecule has 0 saturated carbocycles. The van der Waals surface area contributed by atoms with Gasteiger partial charge in [0.05, 0.1) is 0 Å². The van der Waals surface area contributed by atoms with E-state index in [0.29, 0.717) is 11.8 Å². The number of fused-ring (bicyclic) bond motifs is 6. The number of hydrogen-bond acceptors (Lipinski definition) is 5. The van der Waals surface area contributed by atoms with Gasteiger partial charge >= 0.3 is 0 Å². The van der Waals surface area contributed by atoms with Crippen molar-refractivity contribution in [3.8, 4) is 134 Å². The van der Waals surface area contributed by atoms with Crippen LogP contribution in [0.25, 0.3) is 178 Å². The zero-order valence-corrected chi connectivity index (χ0v) is 49.3. The van der Waals surface area contributed by atoms with E-state index in [4.69, 9.17) is 13.3 Å². The maximum atomic E-state index is 6.84. The minimum atomic E-state index is 0.428. The second kappa shape index (κ2) is 22.5. The minimum absolute atomic E-state index is 0.428. The molecule has 17 aromatic rings. The first kappa shape index (κ1) is 53.1. The molecule has 0 amide bonds. The van der Waals surface area contributed by atoms with Gasteiger partial charge in [0.2, 0.25) is 11.8 Å². The van der Waals surface area contributed by atoms with Gasteiger partial charge in [-0.25, -0.2) is 0 Å². The predicted octanol–water partition coefficient (Wildman–Crippen LogP) is 23.9. The number of nitrogens with zero attached hydrogens (tertiary/aromatic N) is 2. The molecule has 91 heavy (non-hydrogen) atoms. The van der Waals surface area contributed by atoms with E-state index in [-0.39, 0.29) is 0 Å². The maximum Gasteiger partial charge on any atom is 0.248 e. The third-order valence-corrected chi connectivity index (χ3v) is 17.8. The molecule has 0 bridgehead atoms. The molecule has 0 N–H and O–H groups in total. The molecular formula is C86H54N2O3. The summed E-state index contributed by atoms with van der Waals surface area (Å²) in [6, 6.07) is 116. The Bertz CT molecular complexity index is 5140. The summed E-state index contributed by atoms with van der Waals surface area (Å²) in [5.74, 6) is 0.857. The fourth-order valence-corrected chi connectivity index (χ4v) is 12.9. The van der Waals surface area contributed by atoms with E-state index in [1.54, 1.807) is 0 Å². The van der Waals surface area contributed by atoms with Crippen molar-refractivity contribution < 1.29 is 13.3 Å². The van der Waals surface area contributed by atoms with E-state index < -0.39 is 0 Å². The zero-order chi connectivity index (χ0) is 60.2. The van der Waals surface area contributed by atoms with Crippen molar-refractivity contribution >= 4 is 43.9 Å². The van der Waals surface area contributed by atoms with Gasteiger partial charge in [-0.15, -0.1) is 10.2 Å². The molecule has 3 aromatic heterocycles. The van der Waals surface area contributed by atoms with Crippen LogP contribution < -0.4 is 0 Å². The van der Waals surface area contributed by atoms with Gasteiger partial charge in [-0.05, 0) is 173 Å². The monoisotopic (exact) mass is 1160 g/mol. The molecule has 0 saturated heterocycles. The van der Waals surface area contributed by atoms with Crippen LogP contribution in [0.3, 0.4) is 0 Å². The minimum Gasteiger partial charge on any atom is -0.455 e. The summed E-state index contributed by atoms with van der Waals surface area (Å²) >= 11 is 0. The molecule has 0 unspecified atom stereocenters. The van der Waals surface area contributed by atoms with Gasteiger partial charge in [0.15, 0.2) is 0 Å². The van der Waals surface area contributed by atoms with E-state index >= 15 is 0 Å². The van der Waals surface area contributed by atoms with Gasteiger partial charge in [-0.2, -0.15) is 0 Å². The normalized spacial score (nSPS) is 11.5. The Hall–Kier alpha value is -12.2. The molecule has 426 valence electrons. The van der Waals surface area contributed by atoms with E-state index in [1.165, 1.54) is 44.5 Å². The average molecular weight is 1160 g/mol. The largest absolute Gasteiger partial charge is 0.455 e. The number of benzene rings is 14. The van der Waals surface area contributed by atoms with Crippen LogP contribution in [0, 0.1) is 0 Å². The highest BCUT2D eigenvalue weighted by molar-refractivity contribution is 6.14. The van der Waals surface area contributed by atoms with Crippen LogP contribution in [-0.4, -0.2) is 10.2 Å². The van der Waals surface area contributed by atoms with Crippen LogP contribution in [0.5, 0.6) is 0 Å². The van der Waals surface area contributed by atoms with Crippen molar-refractivity contribution in [1.82, 2.24) is 10.2 Å². The van der Waals surface area contributed by atoms with Crippen molar-refractivity contribution in [2.45, 2.75) is 0 Å². The smallest absolute Gasteiger partial charge is 0.248 e. The lowest BCUT2D eigenvalue weighted by atomic mass is 9.93. The molecule has 17 rings (SSSR count). The first-order valence-electron chi connectivity index (χ1n) is 30.7. The highest BCUT2D eigenvalue weighted by atomic mass is 16.4. The first-order valence-corrected chi connectivity index (χ1v) is 30.7. The molecule has 0 atom stereocenters. The van der Waals surface area contributed by atoms with Gasteiger partial charge < -0.3 is 13.3 Å². The van der Waals surface area contributed by atoms with Crippen molar-refractivity contribution in [1.29, 1.82) is 0 Å². The molecule has 3 heterocycles. The predicted molar refractivity (Wildman–Crippen MR) is 374 cm³/mol. The van der Waals surface area contributed by atoms with Crippen LogP contribution in [0.1, 0.15) is 0 Å². The average Bonchev–Trinajstić information content (AvgIpc) is 1.78. The quantitative estimate of drug-likeness (QED) is 0.122. The SMILES string of the molecule is c1ccc(-c2ccc(-c3ccc4oc5c(-c6ccc(-c7nnc(-c8ccc(-c9cc(-c%10ccc(-c%11ccccc%11)cc%10)cc%10c9oc9ccc(-c%11ccc(-c%12ccccc%12)cc%11)cc9%10)cc8)o7)cc6)cc(-c6ccc(-c7ccccc7)cc6)cc5c4c3)cc2)cc1. The Morgan fingerprint density at radius 1 is 0.165 bits per heavy atom. The zero-order valence-electron chi connectivity index (χ0n) is 49.3. The molecule has 0 radical (unpaired) electrons. The second-order valence-electron chi connectivity index (χ2n) is 23.3. The Balaban J connectivity index is 0.692. The van der Waals surface area contributed by atoms with Crippen LogP contribution in [0.15, 0.2) is 341 Å². The third kappa shape index (κ3) is 10.1. The lowest BCUT2D eigenvalue weighted by Crippen LogP contribution is -1.86. The molecule has 5 heteroatoms. The lowest BCUT2D eigenvalue weighted by molar-refractivity contribution is 0.584. The number of aromatic nitrogens is 2. The van der Waals surface area contributed by atoms with Crippen LogP contribution >= 0.6 is 0 Å². The van der Waals surface area contributed by atoms with E-state index in [2.05, 4.69) is 314 Å². The summed E-state index contributed by atoms with van der Waals surface area (Å²) < 4.78 is 20.2. The second-order valence-corrected chi connectivity index (χ2v) is 23.3. The van der Waals surface area contributed by atoms with Crippen LogP contribution in [-0.2, 0) is 0 Å². The Labute approximate surface area is 526 Å². The van der Waals surface area contributed by atoms with Crippen LogP contribution in [0.2, 0.25) is 0 Å². The molecule has 0 aliphatic rings. The topological polar surface area (TPSA) is 65.2 Å². The highest BCUT2D eigenvalue weighted by Crippen LogP contribution is 2.45. The summed E-state index contributed by atoms with van der Waals surface area (Å²) in [6.07, 6.45) is 0. The third-order valence-electron chi connectivity index (χ3n) is 17.8. The number of furan rings is 2. The lowest BCUT2D eigenvalue weighted by Gasteiger charge is -2.10. The van der Waals surface area contributed by atoms with Crippen molar-refractivity contribution in [2.24, 2.45) is 0 Å². The summed E-state index contributed by atoms with van der Waals surface area (Å²) in [4.78, 5) is 0. The molecule has 14 aromatic carbocycles. The van der Waals surface area contributed by atoms with Gasteiger partial charge in [0.25, 0.3) is 0 Å². The van der Waals surface area contributed by atoms with E-state index in [9.17, 15) is 0 Å². The van der Waals surface area contributed by atoms with Crippen molar-refractivity contribution in [3.63, 3.8) is 0 Å². The van der Waals surface area contributed by atoms with Gasteiger partial charge in [0.1, 0.15) is 22.3 Å². The number of rotatable bonds is 12. The standard InChI is InChI=1S/C86H54N2O3/c1-5-13-55(14-6-1)59-21-29-63(30-22-59)71-45-47-81-77(49-71)79-53-73(65-33-25-61(26-34-65)57-17-9-3-10-18-57)51-75(83(79)89-81)67-37-41-69(42-38-67)85-87-88-86(91-85)70-43-39-68(40-44-70)76-52-74(66-35-27-62(28-36-66)58-19-11-4-12-20-58)54-80-78-50-72(46-48-82(78)90-84(76)80)64-31-23-60(24-32-64)56-15-7-2-8-16-56/h1-54H. The fraction of sp³-hybridized carbons (Fsp3) is 0. The van der Waals surface area contributed by atoms with E-state index in [0.717, 1.165) is 122 Å². The van der Waals surface area contributed by atoms with Gasteiger partial charge in [0, 0.05) is 43.8 Å². The van der Waals surface area contributed by atoms with E-state index in [1.807, 2.05) is 24.3 Å². The molecule has 0 spiro atoms. The molecule has 0 aliphatic heterocycles. The summed E-state index contributed by atoms with van der Waals surface area (Å²) in [7, 11) is 0. The Morgan fingerprint density at radius 3 is 0.703 bits per heavy atom. The Morgan fingerprint density at radius 2 is 0.396 bits per heavy atom. The van der Waals surface area contributed by atoms with Crippen molar-refractivity contribution in [3.05, 3.63) is 328 Å². The van der Waals surface area contributed by atoms with Crippen LogP contribution in [0.4, 0.5) is 0 Å². The highest BCUT2D eigenvalue weighted by Gasteiger charge is 2.21. The first-order chi connectivity index (χ1) is 45.0. The van der Waals surface area contributed by atoms with Gasteiger partial charge in [-0.3, -0.25) is 0 Å². The molecule has 0 fully saturated rings. The summed E-state index contributed by atoms with van der Waals surface area (Å²) in [5, 5.41) is 13.4. The fourth-order valence-electron chi connectivity index (χ4n) is 12.9. The molecule has 0 aliphatic carbocycles.